The Labute approximate surface area is 103 Å². The van der Waals surface area contributed by atoms with Crippen molar-refractivity contribution >= 4 is 11.8 Å². The van der Waals surface area contributed by atoms with Crippen LogP contribution < -0.4 is 0 Å². The molecule has 0 saturated heterocycles. The van der Waals surface area contributed by atoms with Gasteiger partial charge in [-0.25, -0.2) is 0 Å². The van der Waals surface area contributed by atoms with Gasteiger partial charge in [0.25, 0.3) is 0 Å². The van der Waals surface area contributed by atoms with Crippen LogP contribution in [-0.4, -0.2) is 5.75 Å². The summed E-state index contributed by atoms with van der Waals surface area (Å²) >= 11 is 1.37. The van der Waals surface area contributed by atoms with Crippen LogP contribution in [0.25, 0.3) is 0 Å². The van der Waals surface area contributed by atoms with E-state index in [1.807, 2.05) is 13.8 Å². The summed E-state index contributed by atoms with van der Waals surface area (Å²) in [4.78, 5) is 0.546. The largest absolute Gasteiger partial charge is 0.417 e. The van der Waals surface area contributed by atoms with Crippen LogP contribution in [-0.2, 0) is 6.18 Å². The Morgan fingerprint density at radius 1 is 1.35 bits per heavy atom. The summed E-state index contributed by atoms with van der Waals surface area (Å²) in [6.07, 6.45) is -4.47. The van der Waals surface area contributed by atoms with Gasteiger partial charge in [0.2, 0.25) is 0 Å². The Bertz CT molecular complexity index is 432. The summed E-state index contributed by atoms with van der Waals surface area (Å²) in [7, 11) is 0. The molecule has 0 unspecified atom stereocenters. The van der Waals surface area contributed by atoms with Crippen molar-refractivity contribution in [2.24, 2.45) is 5.92 Å². The third-order valence-corrected chi connectivity index (χ3v) is 3.42. The number of thioether (sulfide) groups is 1. The maximum absolute atomic E-state index is 12.7. The average Bonchev–Trinajstić information content (AvgIpc) is 2.24. The molecule has 17 heavy (non-hydrogen) atoms. The van der Waals surface area contributed by atoms with Crippen LogP contribution >= 0.6 is 11.8 Å². The molecule has 0 heterocycles. The average molecular weight is 259 g/mol. The van der Waals surface area contributed by atoms with Gasteiger partial charge in [0.15, 0.2) is 0 Å². The lowest BCUT2D eigenvalue weighted by atomic mass is 10.1. The van der Waals surface area contributed by atoms with E-state index in [0.717, 1.165) is 11.8 Å². The van der Waals surface area contributed by atoms with Crippen molar-refractivity contribution < 1.29 is 13.2 Å². The molecule has 0 amide bonds. The van der Waals surface area contributed by atoms with Crippen molar-refractivity contribution in [3.63, 3.8) is 0 Å². The molecule has 5 heteroatoms. The van der Waals surface area contributed by atoms with Gasteiger partial charge in [0.1, 0.15) is 0 Å². The molecule has 0 aliphatic carbocycles. The van der Waals surface area contributed by atoms with Crippen LogP contribution in [0.4, 0.5) is 13.2 Å². The molecule has 0 aliphatic heterocycles. The number of benzene rings is 1. The summed E-state index contributed by atoms with van der Waals surface area (Å²) < 4.78 is 38.0. The first-order chi connectivity index (χ1) is 7.84. The molecule has 0 fully saturated rings. The molecule has 1 nitrogen and oxygen atoms in total. The molecule has 0 aliphatic rings. The molecule has 1 aromatic carbocycles. The van der Waals surface area contributed by atoms with E-state index in [-0.39, 0.29) is 5.56 Å². The van der Waals surface area contributed by atoms with E-state index < -0.39 is 11.7 Å². The highest BCUT2D eigenvalue weighted by atomic mass is 32.2. The molecule has 0 aromatic heterocycles. The summed E-state index contributed by atoms with van der Waals surface area (Å²) in [5, 5.41) is 8.63. The van der Waals surface area contributed by atoms with E-state index in [1.165, 1.54) is 17.8 Å². The fraction of sp³-hybridized carbons (Fsp3) is 0.417. The summed E-state index contributed by atoms with van der Waals surface area (Å²) in [5.41, 5.74) is -1.18. The SMILES string of the molecule is CC(C)CSc1ccc(C#N)c(C(F)(F)F)c1. The molecule has 0 saturated carbocycles. The highest BCUT2D eigenvalue weighted by Gasteiger charge is 2.33. The van der Waals surface area contributed by atoms with Crippen molar-refractivity contribution in [1.29, 1.82) is 5.26 Å². The van der Waals surface area contributed by atoms with Gasteiger partial charge in [-0.3, -0.25) is 0 Å². The van der Waals surface area contributed by atoms with E-state index in [9.17, 15) is 13.2 Å². The third kappa shape index (κ3) is 3.97. The number of nitriles is 1. The molecule has 0 N–H and O–H groups in total. The maximum Gasteiger partial charge on any atom is 0.417 e. The number of nitrogens with zero attached hydrogens (tertiary/aromatic N) is 1. The number of alkyl halides is 3. The van der Waals surface area contributed by atoms with E-state index >= 15 is 0 Å². The second-order valence-corrected chi connectivity index (χ2v) is 5.12. The second kappa shape index (κ2) is 5.46. The van der Waals surface area contributed by atoms with Crippen LogP contribution in [0.1, 0.15) is 25.0 Å². The van der Waals surface area contributed by atoms with Gasteiger partial charge in [0.05, 0.1) is 17.2 Å². The Balaban J connectivity index is 3.02. The fourth-order valence-electron chi connectivity index (χ4n) is 1.21. The lowest BCUT2D eigenvalue weighted by Crippen LogP contribution is -2.08. The maximum atomic E-state index is 12.7. The molecular weight excluding hydrogens is 247 g/mol. The lowest BCUT2D eigenvalue weighted by Gasteiger charge is -2.11. The number of hydrogen-bond acceptors (Lipinski definition) is 2. The third-order valence-electron chi connectivity index (χ3n) is 2.00. The molecule has 0 atom stereocenters. The molecule has 1 aromatic rings. The molecular formula is C12H12F3NS. The zero-order valence-electron chi connectivity index (χ0n) is 9.51. The summed E-state index contributed by atoms with van der Waals surface area (Å²) in [6, 6.07) is 5.40. The summed E-state index contributed by atoms with van der Waals surface area (Å²) in [6.45, 7) is 4.00. The van der Waals surface area contributed by atoms with Crippen LogP contribution in [0.3, 0.4) is 0 Å². The minimum absolute atomic E-state index is 0.327. The topological polar surface area (TPSA) is 23.8 Å². The first kappa shape index (κ1) is 13.9. The van der Waals surface area contributed by atoms with Crippen molar-refractivity contribution in [3.8, 4) is 6.07 Å². The predicted molar refractivity (Wildman–Crippen MR) is 61.7 cm³/mol. The highest BCUT2D eigenvalue weighted by molar-refractivity contribution is 7.99. The van der Waals surface area contributed by atoms with E-state index in [2.05, 4.69) is 0 Å². The van der Waals surface area contributed by atoms with Crippen molar-refractivity contribution in [1.82, 2.24) is 0 Å². The monoisotopic (exact) mass is 259 g/mol. The smallest absolute Gasteiger partial charge is 0.192 e. The Morgan fingerprint density at radius 2 is 2.00 bits per heavy atom. The van der Waals surface area contributed by atoms with Gasteiger partial charge in [-0.2, -0.15) is 18.4 Å². The van der Waals surface area contributed by atoms with Gasteiger partial charge in [-0.1, -0.05) is 13.8 Å². The van der Waals surface area contributed by atoms with Gasteiger partial charge >= 0.3 is 6.18 Å². The quantitative estimate of drug-likeness (QED) is 0.754. The summed E-state index contributed by atoms with van der Waals surface area (Å²) in [5.74, 6) is 1.16. The first-order valence-corrected chi connectivity index (χ1v) is 6.07. The standard InChI is InChI=1S/C12H12F3NS/c1-8(2)7-17-10-4-3-9(6-16)11(5-10)12(13,14)15/h3-5,8H,7H2,1-2H3. The van der Waals surface area contributed by atoms with E-state index in [4.69, 9.17) is 5.26 Å². The van der Waals surface area contributed by atoms with Gasteiger partial charge in [0, 0.05) is 10.6 Å². The van der Waals surface area contributed by atoms with Crippen molar-refractivity contribution in [2.45, 2.75) is 24.9 Å². The zero-order valence-corrected chi connectivity index (χ0v) is 10.3. The lowest BCUT2D eigenvalue weighted by molar-refractivity contribution is -0.137. The Morgan fingerprint density at radius 3 is 2.47 bits per heavy atom. The van der Waals surface area contributed by atoms with Crippen LogP contribution in [0.15, 0.2) is 23.1 Å². The fourth-order valence-corrected chi connectivity index (χ4v) is 2.10. The van der Waals surface area contributed by atoms with Crippen molar-refractivity contribution in [2.75, 3.05) is 5.75 Å². The minimum Gasteiger partial charge on any atom is -0.192 e. The Kier molecular flexibility index (Phi) is 4.47. The van der Waals surface area contributed by atoms with E-state index in [1.54, 1.807) is 12.1 Å². The van der Waals surface area contributed by atoms with Gasteiger partial charge in [-0.05, 0) is 24.1 Å². The Hall–Kier alpha value is -1.15. The molecule has 0 spiro atoms. The van der Waals surface area contributed by atoms with Gasteiger partial charge in [-0.15, -0.1) is 11.8 Å². The molecule has 0 radical (unpaired) electrons. The number of halogens is 3. The van der Waals surface area contributed by atoms with Crippen molar-refractivity contribution in [3.05, 3.63) is 29.3 Å². The molecule has 1 rings (SSSR count). The predicted octanol–water partition coefficient (Wildman–Crippen LogP) is 4.33. The zero-order chi connectivity index (χ0) is 13.1. The minimum atomic E-state index is -4.47. The van der Waals surface area contributed by atoms with Gasteiger partial charge < -0.3 is 0 Å². The number of rotatable bonds is 3. The number of hydrogen-bond donors (Lipinski definition) is 0. The van der Waals surface area contributed by atoms with Crippen LogP contribution in [0.5, 0.6) is 0 Å². The van der Waals surface area contributed by atoms with Crippen LogP contribution in [0, 0.1) is 17.2 Å². The first-order valence-electron chi connectivity index (χ1n) is 5.08. The van der Waals surface area contributed by atoms with Crippen LogP contribution in [0.2, 0.25) is 0 Å². The molecule has 92 valence electrons. The highest BCUT2D eigenvalue weighted by Crippen LogP contribution is 2.34. The second-order valence-electron chi connectivity index (χ2n) is 4.02. The normalized spacial score (nSPS) is 11.6. The molecule has 0 bridgehead atoms. The van der Waals surface area contributed by atoms with E-state index in [0.29, 0.717) is 10.8 Å².